The number of anilines is 4. The molecule has 0 bridgehead atoms. The van der Waals surface area contributed by atoms with Crippen LogP contribution in [-0.4, -0.2) is 49.1 Å². The molecular weight excluding hydrogens is 520 g/mol. The highest BCUT2D eigenvalue weighted by molar-refractivity contribution is 7.92. The van der Waals surface area contributed by atoms with Crippen LogP contribution in [0.25, 0.3) is 11.0 Å². The monoisotopic (exact) mass is 552 g/mol. The number of ether oxygens (including phenoxy) is 1. The van der Waals surface area contributed by atoms with Crippen LogP contribution in [0.5, 0.6) is 11.5 Å². The van der Waals surface area contributed by atoms with Gasteiger partial charge in [-0.15, -0.1) is 0 Å². The van der Waals surface area contributed by atoms with Crippen LogP contribution in [0.1, 0.15) is 21.3 Å². The highest BCUT2D eigenvalue weighted by Gasteiger charge is 2.20. The summed E-state index contributed by atoms with van der Waals surface area (Å²) in [5, 5.41) is 18.7. The third-order valence-corrected chi connectivity index (χ3v) is 6.63. The van der Waals surface area contributed by atoms with E-state index in [1.807, 2.05) is 13.8 Å². The summed E-state index contributed by atoms with van der Waals surface area (Å²) < 4.78 is 34.4. The number of benzene rings is 3. The maximum absolute atomic E-state index is 13.4. The van der Waals surface area contributed by atoms with E-state index in [1.165, 1.54) is 37.4 Å². The number of phenolic OH excluding ortho intramolecular Hbond substituents is 1. The number of fused-ring (bicyclic) bond motifs is 1. The van der Waals surface area contributed by atoms with Gasteiger partial charge in [-0.1, -0.05) is 39.5 Å². The minimum Gasteiger partial charge on any atom is -0.508 e. The number of hydrogen-bond donors (Lipinski definition) is 5. The Bertz CT molecular complexity index is 1580. The molecule has 4 aromatic rings. The molecule has 1 heterocycles. The van der Waals surface area contributed by atoms with Crippen molar-refractivity contribution in [3.8, 4) is 11.5 Å². The number of sulfonamides is 1. The molecule has 11 nitrogen and oxygen atoms in total. The maximum Gasteiger partial charge on any atom is 0.263 e. The number of methoxy groups -OCH3 is 1. The highest BCUT2D eigenvalue weighted by atomic mass is 32.2. The number of nitrogens with zero attached hydrogens (tertiary/aromatic N) is 2. The van der Waals surface area contributed by atoms with Crippen LogP contribution in [0, 0.1) is 0 Å². The lowest BCUT2D eigenvalue weighted by Crippen LogP contribution is -2.32. The first kappa shape index (κ1) is 29.1. The topological polar surface area (TPSA) is 155 Å². The minimum absolute atomic E-state index is 0. The Kier molecular flexibility index (Phi) is 9.28. The zero-order chi connectivity index (χ0) is 27.3. The Labute approximate surface area is 227 Å². The van der Waals surface area contributed by atoms with Gasteiger partial charge in [0.05, 0.1) is 29.6 Å². The summed E-state index contributed by atoms with van der Waals surface area (Å²) in [6, 6.07) is 17.5. The number of carbonyl (C=O) groups is 1. The smallest absolute Gasteiger partial charge is 0.263 e. The fourth-order valence-electron chi connectivity index (χ4n) is 3.50. The molecule has 4 rings (SSSR count). The average Bonchev–Trinajstić information content (AvgIpc) is 2.87. The van der Waals surface area contributed by atoms with Gasteiger partial charge in [0.25, 0.3) is 10.0 Å². The standard InChI is InChI=1S/C26H28N6O5S.CH4/c1-16(2)27-15-24(34)28-17-7-6-8-21(13-17)38(35,36)32-26-25(30-22-9-4-5-10-23(22)31-26)29-18-11-19(33)14-20(12-18)37-3;/h4-14,16,27,33H,15H2,1-3H3,(H,28,34)(H,29,30)(H,31,32);1H4. The van der Waals surface area contributed by atoms with Gasteiger partial charge in [-0.2, -0.15) is 0 Å². The van der Waals surface area contributed by atoms with Crippen LogP contribution in [0.15, 0.2) is 71.6 Å². The van der Waals surface area contributed by atoms with E-state index in [2.05, 4.69) is 30.6 Å². The van der Waals surface area contributed by atoms with E-state index in [4.69, 9.17) is 4.74 Å². The van der Waals surface area contributed by atoms with E-state index in [-0.39, 0.29) is 48.2 Å². The predicted octanol–water partition coefficient (Wildman–Crippen LogP) is 4.46. The molecule has 0 atom stereocenters. The molecular formula is C27H32N6O5S. The summed E-state index contributed by atoms with van der Waals surface area (Å²) in [7, 11) is -2.67. The van der Waals surface area contributed by atoms with Crippen LogP contribution in [0.3, 0.4) is 0 Å². The van der Waals surface area contributed by atoms with Crippen molar-refractivity contribution in [3.05, 3.63) is 66.7 Å². The lowest BCUT2D eigenvalue weighted by Gasteiger charge is -2.15. The second kappa shape index (κ2) is 12.4. The summed E-state index contributed by atoms with van der Waals surface area (Å²) in [6.07, 6.45) is 0. The molecule has 5 N–H and O–H groups in total. The van der Waals surface area contributed by atoms with E-state index >= 15 is 0 Å². The van der Waals surface area contributed by atoms with Gasteiger partial charge in [-0.25, -0.2) is 18.4 Å². The van der Waals surface area contributed by atoms with Gasteiger partial charge in [-0.05, 0) is 30.3 Å². The van der Waals surface area contributed by atoms with Crippen molar-refractivity contribution < 1.29 is 23.1 Å². The molecule has 0 aliphatic heterocycles. The minimum atomic E-state index is -4.14. The molecule has 0 radical (unpaired) electrons. The molecule has 39 heavy (non-hydrogen) atoms. The second-order valence-electron chi connectivity index (χ2n) is 8.67. The zero-order valence-electron chi connectivity index (χ0n) is 21.0. The number of para-hydroxylation sites is 2. The van der Waals surface area contributed by atoms with Gasteiger partial charge in [0.1, 0.15) is 11.5 Å². The first-order valence-electron chi connectivity index (χ1n) is 11.7. The van der Waals surface area contributed by atoms with Crippen molar-refractivity contribution in [1.29, 1.82) is 0 Å². The van der Waals surface area contributed by atoms with Crippen LogP contribution in [0.4, 0.5) is 23.0 Å². The van der Waals surface area contributed by atoms with Gasteiger partial charge in [0.15, 0.2) is 11.6 Å². The normalized spacial score (nSPS) is 11.1. The number of carbonyl (C=O) groups excluding carboxylic acids is 1. The number of nitrogens with one attached hydrogen (secondary N) is 4. The van der Waals surface area contributed by atoms with Crippen molar-refractivity contribution in [2.75, 3.05) is 29.0 Å². The number of amides is 1. The Hall–Kier alpha value is -4.42. The van der Waals surface area contributed by atoms with Crippen LogP contribution in [-0.2, 0) is 14.8 Å². The van der Waals surface area contributed by atoms with Gasteiger partial charge < -0.3 is 25.8 Å². The Morgan fingerprint density at radius 2 is 1.64 bits per heavy atom. The Morgan fingerprint density at radius 1 is 0.949 bits per heavy atom. The number of aromatic nitrogens is 2. The second-order valence-corrected chi connectivity index (χ2v) is 10.4. The third-order valence-electron chi connectivity index (χ3n) is 5.29. The van der Waals surface area contributed by atoms with E-state index in [0.29, 0.717) is 28.2 Å². The fraction of sp³-hybridized carbons (Fsp3) is 0.222. The van der Waals surface area contributed by atoms with Gasteiger partial charge in [-0.3, -0.25) is 9.52 Å². The van der Waals surface area contributed by atoms with Gasteiger partial charge >= 0.3 is 0 Å². The summed E-state index contributed by atoms with van der Waals surface area (Å²) in [4.78, 5) is 21.1. The molecule has 0 fully saturated rings. The Morgan fingerprint density at radius 3 is 2.31 bits per heavy atom. The third kappa shape index (κ3) is 7.55. The summed E-state index contributed by atoms with van der Waals surface area (Å²) >= 11 is 0. The predicted molar refractivity (Wildman–Crippen MR) is 153 cm³/mol. The first-order chi connectivity index (χ1) is 18.1. The molecule has 0 spiro atoms. The van der Waals surface area contributed by atoms with E-state index in [9.17, 15) is 18.3 Å². The fourth-order valence-corrected chi connectivity index (χ4v) is 4.55. The van der Waals surface area contributed by atoms with Crippen molar-refractivity contribution in [1.82, 2.24) is 15.3 Å². The van der Waals surface area contributed by atoms with Crippen LogP contribution < -0.4 is 25.4 Å². The quantitative estimate of drug-likeness (QED) is 0.192. The van der Waals surface area contributed by atoms with Crippen LogP contribution >= 0.6 is 0 Å². The number of aromatic hydroxyl groups is 1. The van der Waals surface area contributed by atoms with Crippen LogP contribution in [0.2, 0.25) is 0 Å². The molecule has 3 aromatic carbocycles. The molecule has 0 unspecified atom stereocenters. The van der Waals surface area contributed by atoms with Crippen molar-refractivity contribution in [2.45, 2.75) is 32.2 Å². The van der Waals surface area contributed by atoms with E-state index < -0.39 is 10.0 Å². The number of phenols is 1. The number of rotatable bonds is 10. The average molecular weight is 553 g/mol. The lowest BCUT2D eigenvalue weighted by molar-refractivity contribution is -0.115. The Balaban J connectivity index is 0.00000420. The summed E-state index contributed by atoms with van der Waals surface area (Å²) in [5.41, 5.74) is 1.75. The van der Waals surface area contributed by atoms with Gasteiger partial charge in [0.2, 0.25) is 5.91 Å². The van der Waals surface area contributed by atoms with Crippen molar-refractivity contribution >= 4 is 50.0 Å². The molecule has 1 amide bonds. The van der Waals surface area contributed by atoms with E-state index in [0.717, 1.165) is 0 Å². The zero-order valence-corrected chi connectivity index (χ0v) is 21.8. The molecule has 1 aromatic heterocycles. The van der Waals surface area contributed by atoms with Gasteiger partial charge in [0, 0.05) is 35.6 Å². The highest BCUT2D eigenvalue weighted by Crippen LogP contribution is 2.31. The molecule has 206 valence electrons. The summed E-state index contributed by atoms with van der Waals surface area (Å²) in [5.74, 6) is 0.108. The molecule has 12 heteroatoms. The first-order valence-corrected chi connectivity index (χ1v) is 13.2. The molecule has 0 aliphatic rings. The molecule has 0 saturated heterocycles. The molecule has 0 saturated carbocycles. The van der Waals surface area contributed by atoms with Crippen molar-refractivity contribution in [3.63, 3.8) is 0 Å². The molecule has 0 aliphatic carbocycles. The van der Waals surface area contributed by atoms with E-state index in [1.54, 1.807) is 36.4 Å². The lowest BCUT2D eigenvalue weighted by atomic mass is 10.2. The number of hydrogen-bond acceptors (Lipinski definition) is 9. The van der Waals surface area contributed by atoms with Crippen molar-refractivity contribution in [2.24, 2.45) is 0 Å². The summed E-state index contributed by atoms with van der Waals surface area (Å²) in [6.45, 7) is 3.93. The largest absolute Gasteiger partial charge is 0.508 e. The maximum atomic E-state index is 13.4. The SMILES string of the molecule is C.COc1cc(O)cc(Nc2nc3ccccc3nc2NS(=O)(=O)c2cccc(NC(=O)CNC(C)C)c2)c1.